The molecule has 1 aromatic heterocycles. The molecule has 98 valence electrons. The lowest BCUT2D eigenvalue weighted by Gasteiger charge is -2.43. The van der Waals surface area contributed by atoms with Gasteiger partial charge in [0.05, 0.1) is 5.69 Å². The smallest absolute Gasteiger partial charge is 0.129 e. The van der Waals surface area contributed by atoms with Gasteiger partial charge in [0.1, 0.15) is 10.8 Å². The number of nitrogens with two attached hydrogens (primary N) is 1. The van der Waals surface area contributed by atoms with Gasteiger partial charge in [-0.3, -0.25) is 4.90 Å². The molecule has 0 amide bonds. The summed E-state index contributed by atoms with van der Waals surface area (Å²) < 4.78 is 0. The Hall–Kier alpha value is -1.20. The van der Waals surface area contributed by atoms with Gasteiger partial charge in [0, 0.05) is 25.2 Å². The Morgan fingerprint density at radius 2 is 1.94 bits per heavy atom. The van der Waals surface area contributed by atoms with Gasteiger partial charge < -0.3 is 10.6 Å². The summed E-state index contributed by atoms with van der Waals surface area (Å²) >= 11 is 4.98. The standard InChI is InChI=1S/C13H20N4S/c1-9-7-17(8-10(2)16(9)3)12-6-4-5-11(15-12)13(14)18/h4-6,9-10H,7-8H2,1-3H3,(H2,14,18). The molecule has 1 aromatic rings. The molecule has 1 fully saturated rings. The molecule has 18 heavy (non-hydrogen) atoms. The van der Waals surface area contributed by atoms with Gasteiger partial charge in [0.15, 0.2) is 0 Å². The molecule has 1 saturated heterocycles. The number of hydrogen-bond donors (Lipinski definition) is 1. The van der Waals surface area contributed by atoms with Gasteiger partial charge in [-0.1, -0.05) is 18.3 Å². The summed E-state index contributed by atoms with van der Waals surface area (Å²) in [5, 5.41) is 0. The van der Waals surface area contributed by atoms with E-state index in [9.17, 15) is 0 Å². The highest BCUT2D eigenvalue weighted by atomic mass is 32.1. The van der Waals surface area contributed by atoms with Gasteiger partial charge in [-0.25, -0.2) is 4.98 Å². The third-order valence-corrected chi connectivity index (χ3v) is 3.88. The van der Waals surface area contributed by atoms with Crippen molar-refractivity contribution < 1.29 is 0 Å². The van der Waals surface area contributed by atoms with E-state index in [0.29, 0.717) is 22.8 Å². The summed E-state index contributed by atoms with van der Waals surface area (Å²) in [6, 6.07) is 6.87. The van der Waals surface area contributed by atoms with Crippen LogP contribution in [-0.4, -0.2) is 47.1 Å². The fourth-order valence-corrected chi connectivity index (χ4v) is 2.44. The lowest BCUT2D eigenvalue weighted by Crippen LogP contribution is -2.55. The molecular weight excluding hydrogens is 244 g/mol. The number of thiocarbonyl (C=S) groups is 1. The second-order valence-electron chi connectivity index (χ2n) is 5.01. The largest absolute Gasteiger partial charge is 0.388 e. The maximum Gasteiger partial charge on any atom is 0.129 e. The van der Waals surface area contributed by atoms with E-state index in [0.717, 1.165) is 18.9 Å². The Morgan fingerprint density at radius 3 is 2.50 bits per heavy atom. The molecule has 1 aliphatic heterocycles. The molecule has 5 heteroatoms. The maximum absolute atomic E-state index is 5.63. The monoisotopic (exact) mass is 264 g/mol. The summed E-state index contributed by atoms with van der Waals surface area (Å²) in [7, 11) is 2.17. The third kappa shape index (κ3) is 2.62. The summed E-state index contributed by atoms with van der Waals surface area (Å²) in [6.45, 7) is 6.43. The SMILES string of the molecule is CC1CN(c2cccc(C(N)=S)n2)CC(C)N1C. The normalized spacial score (nSPS) is 25.2. The van der Waals surface area contributed by atoms with Gasteiger partial charge in [-0.15, -0.1) is 0 Å². The lowest BCUT2D eigenvalue weighted by atomic mass is 10.1. The van der Waals surface area contributed by atoms with E-state index in [1.165, 1.54) is 0 Å². The highest BCUT2D eigenvalue weighted by molar-refractivity contribution is 7.80. The molecule has 2 atom stereocenters. The van der Waals surface area contributed by atoms with E-state index in [1.807, 2.05) is 18.2 Å². The highest BCUT2D eigenvalue weighted by Crippen LogP contribution is 2.19. The minimum Gasteiger partial charge on any atom is -0.388 e. The van der Waals surface area contributed by atoms with Gasteiger partial charge in [-0.05, 0) is 33.0 Å². The van der Waals surface area contributed by atoms with Gasteiger partial charge in [0.25, 0.3) is 0 Å². The van der Waals surface area contributed by atoms with Crippen LogP contribution in [0, 0.1) is 0 Å². The number of rotatable bonds is 2. The molecule has 2 unspecified atom stereocenters. The average Bonchev–Trinajstić information content (AvgIpc) is 2.35. The molecular formula is C13H20N4S. The van der Waals surface area contributed by atoms with Crippen molar-refractivity contribution in [3.05, 3.63) is 23.9 Å². The first-order chi connectivity index (χ1) is 8.49. The van der Waals surface area contributed by atoms with Crippen molar-refractivity contribution in [2.75, 3.05) is 25.0 Å². The van der Waals surface area contributed by atoms with Crippen LogP contribution in [0.2, 0.25) is 0 Å². The van der Waals surface area contributed by atoms with E-state index in [-0.39, 0.29) is 0 Å². The maximum atomic E-state index is 5.63. The van der Waals surface area contributed by atoms with Crippen molar-refractivity contribution in [1.82, 2.24) is 9.88 Å². The van der Waals surface area contributed by atoms with Crippen LogP contribution in [-0.2, 0) is 0 Å². The zero-order chi connectivity index (χ0) is 13.3. The Kier molecular flexibility index (Phi) is 3.82. The van der Waals surface area contributed by atoms with Crippen LogP contribution in [0.1, 0.15) is 19.5 Å². The van der Waals surface area contributed by atoms with E-state index in [1.54, 1.807) is 0 Å². The van der Waals surface area contributed by atoms with E-state index >= 15 is 0 Å². The first-order valence-corrected chi connectivity index (χ1v) is 6.63. The molecule has 4 nitrogen and oxygen atoms in total. The van der Waals surface area contributed by atoms with E-state index in [4.69, 9.17) is 18.0 Å². The summed E-state index contributed by atoms with van der Waals surface area (Å²) in [5.74, 6) is 0.965. The van der Waals surface area contributed by atoms with E-state index < -0.39 is 0 Å². The molecule has 0 bridgehead atoms. The molecule has 2 rings (SSSR count). The molecule has 0 radical (unpaired) electrons. The molecule has 0 spiro atoms. The summed E-state index contributed by atoms with van der Waals surface area (Å²) in [6.07, 6.45) is 0. The third-order valence-electron chi connectivity index (χ3n) is 3.67. The number of pyridine rings is 1. The van der Waals surface area contributed by atoms with Gasteiger partial charge in [-0.2, -0.15) is 0 Å². The number of anilines is 1. The van der Waals surface area contributed by atoms with Crippen LogP contribution < -0.4 is 10.6 Å². The van der Waals surface area contributed by atoms with Crippen molar-refractivity contribution >= 4 is 23.0 Å². The number of likely N-dealkylation sites (N-methyl/N-ethyl adjacent to an activating group) is 1. The number of nitrogens with zero attached hydrogens (tertiary/aromatic N) is 3. The molecule has 2 heterocycles. The predicted molar refractivity (Wildman–Crippen MR) is 79.0 cm³/mol. The summed E-state index contributed by atoms with van der Waals surface area (Å²) in [4.78, 5) is 9.58. The molecule has 0 aliphatic carbocycles. The fraction of sp³-hybridized carbons (Fsp3) is 0.538. The van der Waals surface area contributed by atoms with Crippen molar-refractivity contribution in [3.8, 4) is 0 Å². The molecule has 2 N–H and O–H groups in total. The van der Waals surface area contributed by atoms with Gasteiger partial charge >= 0.3 is 0 Å². The quantitative estimate of drug-likeness (QED) is 0.814. The number of aromatic nitrogens is 1. The zero-order valence-electron chi connectivity index (χ0n) is 11.1. The Balaban J connectivity index is 2.21. The minimum atomic E-state index is 0.354. The van der Waals surface area contributed by atoms with E-state index in [2.05, 4.69) is 35.7 Å². The van der Waals surface area contributed by atoms with Crippen molar-refractivity contribution in [3.63, 3.8) is 0 Å². The van der Waals surface area contributed by atoms with Crippen molar-refractivity contribution in [2.45, 2.75) is 25.9 Å². The second kappa shape index (κ2) is 5.20. The fourth-order valence-electron chi connectivity index (χ4n) is 2.33. The topological polar surface area (TPSA) is 45.4 Å². The average molecular weight is 264 g/mol. The highest BCUT2D eigenvalue weighted by Gasteiger charge is 2.27. The zero-order valence-corrected chi connectivity index (χ0v) is 11.9. The van der Waals surface area contributed by atoms with Crippen LogP contribution in [0.4, 0.5) is 5.82 Å². The van der Waals surface area contributed by atoms with Gasteiger partial charge in [0.2, 0.25) is 0 Å². The van der Waals surface area contributed by atoms with Crippen LogP contribution in [0.5, 0.6) is 0 Å². The van der Waals surface area contributed by atoms with Crippen LogP contribution in [0.15, 0.2) is 18.2 Å². The molecule has 0 saturated carbocycles. The Morgan fingerprint density at radius 1 is 1.33 bits per heavy atom. The summed E-state index contributed by atoms with van der Waals surface area (Å²) in [5.41, 5.74) is 6.33. The lowest BCUT2D eigenvalue weighted by molar-refractivity contribution is 0.169. The predicted octanol–water partition coefficient (Wildman–Crippen LogP) is 1.24. The molecule has 1 aliphatic rings. The minimum absolute atomic E-state index is 0.354. The Bertz CT molecular complexity index is 436. The number of hydrogen-bond acceptors (Lipinski definition) is 4. The first kappa shape index (κ1) is 13.2. The van der Waals surface area contributed by atoms with Crippen molar-refractivity contribution in [2.24, 2.45) is 5.73 Å². The molecule has 0 aromatic carbocycles. The number of piperazine rings is 1. The second-order valence-corrected chi connectivity index (χ2v) is 5.45. The van der Waals surface area contributed by atoms with Crippen molar-refractivity contribution in [1.29, 1.82) is 0 Å². The van der Waals surface area contributed by atoms with Crippen LogP contribution in [0.3, 0.4) is 0 Å². The first-order valence-electron chi connectivity index (χ1n) is 6.22. The van der Waals surface area contributed by atoms with Crippen LogP contribution >= 0.6 is 12.2 Å². The van der Waals surface area contributed by atoms with Crippen LogP contribution in [0.25, 0.3) is 0 Å². The Labute approximate surface area is 114 Å².